The summed E-state index contributed by atoms with van der Waals surface area (Å²) in [6.07, 6.45) is 1.55. The van der Waals surface area contributed by atoms with Crippen LogP contribution in [0.2, 0.25) is 0 Å². The van der Waals surface area contributed by atoms with Crippen LogP contribution in [0.1, 0.15) is 10.4 Å². The molecule has 70 valence electrons. The van der Waals surface area contributed by atoms with E-state index in [9.17, 15) is 4.79 Å². The first-order chi connectivity index (χ1) is 6.19. The lowest BCUT2D eigenvalue weighted by molar-refractivity contribution is 0.0599. The molecule has 0 aliphatic rings. The SMILES string of the molecule is CNc1cc(C(=O)OC)c(Br)cn1. The highest BCUT2D eigenvalue weighted by molar-refractivity contribution is 9.10. The molecular formula is C8H9BrN2O2. The number of carbonyl (C=O) groups is 1. The smallest absolute Gasteiger partial charge is 0.339 e. The summed E-state index contributed by atoms with van der Waals surface area (Å²) in [5.41, 5.74) is 0.460. The zero-order valence-electron chi connectivity index (χ0n) is 7.30. The number of rotatable bonds is 2. The molecule has 0 saturated carbocycles. The van der Waals surface area contributed by atoms with Gasteiger partial charge in [0, 0.05) is 13.2 Å². The molecule has 1 N–H and O–H groups in total. The molecule has 1 aromatic rings. The average Bonchev–Trinajstić information content (AvgIpc) is 2.17. The second-order valence-corrected chi connectivity index (χ2v) is 3.15. The molecule has 0 unspecified atom stereocenters. The Balaban J connectivity index is 3.11. The predicted octanol–water partition coefficient (Wildman–Crippen LogP) is 1.67. The summed E-state index contributed by atoms with van der Waals surface area (Å²) in [5, 5.41) is 2.83. The molecule has 5 heteroatoms. The molecule has 0 radical (unpaired) electrons. The maximum Gasteiger partial charge on any atom is 0.339 e. The predicted molar refractivity (Wildman–Crippen MR) is 52.8 cm³/mol. The Hall–Kier alpha value is -1.10. The highest BCUT2D eigenvalue weighted by Gasteiger charge is 2.10. The van der Waals surface area contributed by atoms with Gasteiger partial charge in [0.2, 0.25) is 0 Å². The minimum Gasteiger partial charge on any atom is -0.465 e. The number of anilines is 1. The molecule has 1 rings (SSSR count). The Morgan fingerprint density at radius 1 is 1.69 bits per heavy atom. The zero-order valence-corrected chi connectivity index (χ0v) is 8.88. The van der Waals surface area contributed by atoms with Crippen molar-refractivity contribution in [3.8, 4) is 0 Å². The molecule has 0 bridgehead atoms. The van der Waals surface area contributed by atoms with E-state index < -0.39 is 0 Å². The molecule has 0 saturated heterocycles. The van der Waals surface area contributed by atoms with Crippen molar-refractivity contribution < 1.29 is 9.53 Å². The van der Waals surface area contributed by atoms with Crippen LogP contribution in [-0.4, -0.2) is 25.1 Å². The lowest BCUT2D eigenvalue weighted by Crippen LogP contribution is -2.04. The van der Waals surface area contributed by atoms with E-state index in [2.05, 4.69) is 31.0 Å². The second-order valence-electron chi connectivity index (χ2n) is 2.29. The third kappa shape index (κ3) is 2.18. The number of hydrogen-bond acceptors (Lipinski definition) is 4. The van der Waals surface area contributed by atoms with Crippen molar-refractivity contribution in [2.75, 3.05) is 19.5 Å². The van der Waals surface area contributed by atoms with Crippen LogP contribution in [0, 0.1) is 0 Å². The summed E-state index contributed by atoms with van der Waals surface area (Å²) in [4.78, 5) is 15.2. The van der Waals surface area contributed by atoms with Gasteiger partial charge in [-0.2, -0.15) is 0 Å². The highest BCUT2D eigenvalue weighted by Crippen LogP contribution is 2.18. The Labute approximate surface area is 84.4 Å². The quantitative estimate of drug-likeness (QED) is 0.805. The van der Waals surface area contributed by atoms with E-state index >= 15 is 0 Å². The topological polar surface area (TPSA) is 51.2 Å². The van der Waals surface area contributed by atoms with E-state index in [1.807, 2.05) is 0 Å². The lowest BCUT2D eigenvalue weighted by Gasteiger charge is -2.04. The molecule has 0 aliphatic carbocycles. The van der Waals surface area contributed by atoms with Gasteiger partial charge in [-0.15, -0.1) is 0 Å². The van der Waals surface area contributed by atoms with Crippen LogP contribution in [-0.2, 0) is 4.74 Å². The van der Waals surface area contributed by atoms with Gasteiger partial charge in [-0.05, 0) is 22.0 Å². The lowest BCUT2D eigenvalue weighted by atomic mass is 10.2. The molecule has 0 spiro atoms. The number of nitrogens with one attached hydrogen (secondary N) is 1. The summed E-state index contributed by atoms with van der Waals surface area (Å²) in [6, 6.07) is 1.62. The fraction of sp³-hybridized carbons (Fsp3) is 0.250. The summed E-state index contributed by atoms with van der Waals surface area (Å²) >= 11 is 3.21. The van der Waals surface area contributed by atoms with E-state index in [-0.39, 0.29) is 5.97 Å². The van der Waals surface area contributed by atoms with Crippen molar-refractivity contribution in [3.05, 3.63) is 22.3 Å². The Morgan fingerprint density at radius 2 is 2.38 bits per heavy atom. The second kappa shape index (κ2) is 4.23. The molecule has 0 aromatic carbocycles. The monoisotopic (exact) mass is 244 g/mol. The van der Waals surface area contributed by atoms with E-state index in [1.165, 1.54) is 7.11 Å². The Morgan fingerprint density at radius 3 is 2.92 bits per heavy atom. The van der Waals surface area contributed by atoms with Crippen LogP contribution in [0.5, 0.6) is 0 Å². The first kappa shape index (κ1) is 9.98. The van der Waals surface area contributed by atoms with Gasteiger partial charge in [-0.1, -0.05) is 0 Å². The van der Waals surface area contributed by atoms with Crippen LogP contribution in [0.3, 0.4) is 0 Å². The largest absolute Gasteiger partial charge is 0.465 e. The van der Waals surface area contributed by atoms with Gasteiger partial charge in [0.15, 0.2) is 0 Å². The van der Waals surface area contributed by atoms with Crippen LogP contribution in [0.15, 0.2) is 16.7 Å². The maximum atomic E-state index is 11.2. The van der Waals surface area contributed by atoms with E-state index in [0.29, 0.717) is 15.9 Å². The van der Waals surface area contributed by atoms with Crippen molar-refractivity contribution in [2.45, 2.75) is 0 Å². The Kier molecular flexibility index (Phi) is 3.25. The number of ether oxygens (including phenoxy) is 1. The van der Waals surface area contributed by atoms with E-state index in [1.54, 1.807) is 19.3 Å². The van der Waals surface area contributed by atoms with Gasteiger partial charge >= 0.3 is 5.97 Å². The first-order valence-electron chi connectivity index (χ1n) is 3.60. The summed E-state index contributed by atoms with van der Waals surface area (Å²) in [6.45, 7) is 0. The van der Waals surface area contributed by atoms with Gasteiger partial charge in [0.1, 0.15) is 5.82 Å². The number of pyridine rings is 1. The zero-order chi connectivity index (χ0) is 9.84. The molecule has 4 nitrogen and oxygen atoms in total. The maximum absolute atomic E-state index is 11.2. The highest BCUT2D eigenvalue weighted by atomic mass is 79.9. The fourth-order valence-corrected chi connectivity index (χ4v) is 1.22. The van der Waals surface area contributed by atoms with Gasteiger partial charge in [-0.3, -0.25) is 0 Å². The third-order valence-electron chi connectivity index (χ3n) is 1.52. The van der Waals surface area contributed by atoms with E-state index in [0.717, 1.165) is 0 Å². The number of hydrogen-bond donors (Lipinski definition) is 1. The standard InChI is InChI=1S/C8H9BrN2O2/c1-10-7-3-5(8(12)13-2)6(9)4-11-7/h3-4H,1-2H3,(H,10,11). The number of methoxy groups -OCH3 is 1. The number of aromatic nitrogens is 1. The minimum atomic E-state index is -0.384. The molecule has 0 aliphatic heterocycles. The summed E-state index contributed by atoms with van der Waals surface area (Å²) < 4.78 is 5.22. The van der Waals surface area contributed by atoms with Crippen molar-refractivity contribution >= 4 is 27.7 Å². The normalized spacial score (nSPS) is 9.46. The van der Waals surface area contributed by atoms with Crippen LogP contribution >= 0.6 is 15.9 Å². The number of halogens is 1. The third-order valence-corrected chi connectivity index (χ3v) is 2.15. The first-order valence-corrected chi connectivity index (χ1v) is 4.40. The van der Waals surface area contributed by atoms with Crippen LogP contribution in [0.25, 0.3) is 0 Å². The molecule has 13 heavy (non-hydrogen) atoms. The molecule has 1 heterocycles. The van der Waals surface area contributed by atoms with E-state index in [4.69, 9.17) is 0 Å². The minimum absolute atomic E-state index is 0.384. The average molecular weight is 245 g/mol. The molecule has 1 aromatic heterocycles. The van der Waals surface area contributed by atoms with Crippen molar-refractivity contribution in [1.29, 1.82) is 0 Å². The molecular weight excluding hydrogens is 236 g/mol. The Bertz CT molecular complexity index is 328. The number of carbonyl (C=O) groups excluding carboxylic acids is 1. The van der Waals surface area contributed by atoms with Crippen molar-refractivity contribution in [1.82, 2.24) is 4.98 Å². The fourth-order valence-electron chi connectivity index (χ4n) is 0.842. The van der Waals surface area contributed by atoms with Crippen molar-refractivity contribution in [3.63, 3.8) is 0 Å². The van der Waals surface area contributed by atoms with Crippen LogP contribution in [0.4, 0.5) is 5.82 Å². The molecule has 0 atom stereocenters. The summed E-state index contributed by atoms with van der Waals surface area (Å²) in [5.74, 6) is 0.245. The van der Waals surface area contributed by atoms with Gasteiger partial charge in [0.05, 0.1) is 17.1 Å². The van der Waals surface area contributed by atoms with Gasteiger partial charge in [0.25, 0.3) is 0 Å². The number of nitrogens with zero attached hydrogens (tertiary/aromatic N) is 1. The summed E-state index contributed by atoms with van der Waals surface area (Å²) in [7, 11) is 3.07. The van der Waals surface area contributed by atoms with Crippen molar-refractivity contribution in [2.24, 2.45) is 0 Å². The molecule has 0 amide bonds. The number of esters is 1. The van der Waals surface area contributed by atoms with Crippen LogP contribution < -0.4 is 5.32 Å². The van der Waals surface area contributed by atoms with Gasteiger partial charge < -0.3 is 10.1 Å². The van der Waals surface area contributed by atoms with Gasteiger partial charge in [-0.25, -0.2) is 9.78 Å². The molecule has 0 fully saturated rings.